The van der Waals surface area contributed by atoms with Gasteiger partial charge < -0.3 is 9.80 Å². The number of aliphatic imine (C=N–C) groups is 1. The molecular formula is C12H20N4O2S. The normalized spacial score (nSPS) is 26.4. The van der Waals surface area contributed by atoms with Crippen LogP contribution in [0.5, 0.6) is 0 Å². The third kappa shape index (κ3) is 2.56. The molecular weight excluding hydrogens is 264 g/mol. The first-order valence-electron chi connectivity index (χ1n) is 6.56. The molecule has 0 radical (unpaired) electrons. The number of hydrogen-bond acceptors (Lipinski definition) is 5. The lowest BCUT2D eigenvalue weighted by Crippen LogP contribution is -2.63. The zero-order chi connectivity index (χ0) is 14.0. The number of urea groups is 1. The smallest absolute Gasteiger partial charge is 0.325 e. The lowest BCUT2D eigenvalue weighted by molar-refractivity contribution is -0.127. The predicted octanol–water partition coefficient (Wildman–Crippen LogP) is 1.09. The van der Waals surface area contributed by atoms with Crippen LogP contribution in [0.3, 0.4) is 0 Å². The molecule has 0 aromatic heterocycles. The quantitative estimate of drug-likeness (QED) is 0.785. The van der Waals surface area contributed by atoms with Crippen LogP contribution in [0, 0.1) is 0 Å². The molecule has 106 valence electrons. The van der Waals surface area contributed by atoms with Gasteiger partial charge >= 0.3 is 6.03 Å². The van der Waals surface area contributed by atoms with Crippen LogP contribution in [0.4, 0.5) is 4.79 Å². The number of hydrogen-bond donors (Lipinski definition) is 1. The van der Waals surface area contributed by atoms with Gasteiger partial charge in [-0.3, -0.25) is 10.1 Å². The van der Waals surface area contributed by atoms with E-state index >= 15 is 0 Å². The fourth-order valence-corrected chi connectivity index (χ4v) is 3.09. The fraction of sp³-hybridized carbons (Fsp3) is 0.750. The Morgan fingerprint density at radius 3 is 2.74 bits per heavy atom. The topological polar surface area (TPSA) is 65.0 Å². The van der Waals surface area contributed by atoms with Crippen LogP contribution in [-0.2, 0) is 4.79 Å². The van der Waals surface area contributed by atoms with E-state index in [1.807, 2.05) is 11.2 Å². The minimum absolute atomic E-state index is 0.239. The number of nitrogens with one attached hydrogen (secondary N) is 1. The van der Waals surface area contributed by atoms with Gasteiger partial charge in [-0.15, -0.1) is 0 Å². The van der Waals surface area contributed by atoms with Gasteiger partial charge in [-0.2, -0.15) is 0 Å². The Morgan fingerprint density at radius 1 is 1.37 bits per heavy atom. The highest BCUT2D eigenvalue weighted by Crippen LogP contribution is 2.27. The van der Waals surface area contributed by atoms with E-state index in [1.54, 1.807) is 7.05 Å². The van der Waals surface area contributed by atoms with Crippen molar-refractivity contribution < 1.29 is 9.59 Å². The molecule has 0 saturated carbocycles. The first-order chi connectivity index (χ1) is 9.10. The molecule has 1 fully saturated rings. The summed E-state index contributed by atoms with van der Waals surface area (Å²) in [5.74, 6) is -0.239. The molecule has 2 atom stereocenters. The van der Waals surface area contributed by atoms with E-state index in [9.17, 15) is 9.59 Å². The molecule has 2 rings (SSSR count). The third-order valence-electron chi connectivity index (χ3n) is 3.51. The average molecular weight is 284 g/mol. The lowest BCUT2D eigenvalue weighted by atomic mass is 10.1. The van der Waals surface area contributed by atoms with Crippen LogP contribution < -0.4 is 5.32 Å². The summed E-state index contributed by atoms with van der Waals surface area (Å²) in [6.45, 7) is 2.96. The van der Waals surface area contributed by atoms with Gasteiger partial charge in [0, 0.05) is 13.6 Å². The second kappa shape index (κ2) is 5.81. The summed E-state index contributed by atoms with van der Waals surface area (Å²) in [6, 6.07) is -0.743. The van der Waals surface area contributed by atoms with E-state index in [0.717, 1.165) is 31.0 Å². The first-order valence-corrected chi connectivity index (χ1v) is 7.78. The van der Waals surface area contributed by atoms with E-state index in [1.165, 1.54) is 16.7 Å². The number of amidine groups is 1. The van der Waals surface area contributed by atoms with Crippen LogP contribution in [-0.4, -0.2) is 59.0 Å². The number of carbonyl (C=O) groups excluding carboxylic acids is 2. The summed E-state index contributed by atoms with van der Waals surface area (Å²) in [4.78, 5) is 31.7. The number of unbranched alkanes of at least 4 members (excludes halogenated alkanes) is 2. The van der Waals surface area contributed by atoms with Crippen LogP contribution >= 0.6 is 11.8 Å². The molecule has 2 unspecified atom stereocenters. The standard InChI is InChI=1S/C12H20N4O2S/c1-4-5-6-7-16-8-9(13-12(16)19-3)15(2)11(18)14-10(8)17/h8-9H,4-7H2,1-3H3,(H,14,17,18). The first kappa shape index (κ1) is 14.2. The summed E-state index contributed by atoms with van der Waals surface area (Å²) in [7, 11) is 1.68. The second-order valence-corrected chi connectivity index (χ2v) is 5.55. The Balaban J connectivity index is 2.17. The largest absolute Gasteiger partial charge is 0.336 e. The fourth-order valence-electron chi connectivity index (χ4n) is 2.44. The van der Waals surface area contributed by atoms with E-state index in [2.05, 4.69) is 17.2 Å². The van der Waals surface area contributed by atoms with Gasteiger partial charge in [-0.1, -0.05) is 31.5 Å². The molecule has 0 aromatic rings. The molecule has 0 bridgehead atoms. The summed E-state index contributed by atoms with van der Waals surface area (Å²) in [6.07, 6.45) is 4.86. The minimum Gasteiger partial charge on any atom is -0.336 e. The zero-order valence-electron chi connectivity index (χ0n) is 11.5. The Morgan fingerprint density at radius 2 is 2.11 bits per heavy atom. The van der Waals surface area contributed by atoms with E-state index < -0.39 is 0 Å². The van der Waals surface area contributed by atoms with Crippen molar-refractivity contribution in [2.24, 2.45) is 4.99 Å². The Bertz CT molecular complexity index is 413. The molecule has 1 N–H and O–H groups in total. The molecule has 2 aliphatic rings. The monoisotopic (exact) mass is 284 g/mol. The molecule has 2 heterocycles. The number of likely N-dealkylation sites (N-methyl/N-ethyl adjacent to an activating group) is 1. The van der Waals surface area contributed by atoms with E-state index in [-0.39, 0.29) is 24.1 Å². The Kier molecular flexibility index (Phi) is 4.34. The number of rotatable bonds is 4. The van der Waals surface area contributed by atoms with Crippen molar-refractivity contribution in [3.63, 3.8) is 0 Å². The molecule has 19 heavy (non-hydrogen) atoms. The van der Waals surface area contributed by atoms with Gasteiger partial charge in [0.1, 0.15) is 0 Å². The van der Waals surface area contributed by atoms with Crippen molar-refractivity contribution >= 4 is 28.9 Å². The van der Waals surface area contributed by atoms with Crippen LogP contribution in [0.25, 0.3) is 0 Å². The van der Waals surface area contributed by atoms with Crippen molar-refractivity contribution in [3.8, 4) is 0 Å². The average Bonchev–Trinajstić information content (AvgIpc) is 2.76. The maximum absolute atomic E-state index is 12.1. The highest BCUT2D eigenvalue weighted by molar-refractivity contribution is 8.13. The maximum atomic E-state index is 12.1. The van der Waals surface area contributed by atoms with Crippen molar-refractivity contribution in [1.29, 1.82) is 0 Å². The number of imide groups is 1. The molecule has 0 aliphatic carbocycles. The zero-order valence-corrected chi connectivity index (χ0v) is 12.4. The molecule has 0 spiro atoms. The Labute approximate surface area is 117 Å². The van der Waals surface area contributed by atoms with E-state index in [0.29, 0.717) is 0 Å². The summed E-state index contributed by atoms with van der Waals surface area (Å²) in [5.41, 5.74) is 0. The number of carbonyl (C=O) groups is 2. The maximum Gasteiger partial charge on any atom is 0.325 e. The highest BCUT2D eigenvalue weighted by Gasteiger charge is 2.47. The SMILES string of the molecule is CCCCCN1C(SC)=NC2C1C(=O)NC(=O)N2C. The highest BCUT2D eigenvalue weighted by atomic mass is 32.2. The number of amides is 3. The van der Waals surface area contributed by atoms with Gasteiger partial charge in [-0.05, 0) is 12.7 Å². The lowest BCUT2D eigenvalue weighted by Gasteiger charge is -2.36. The molecule has 2 aliphatic heterocycles. The van der Waals surface area contributed by atoms with Crippen LogP contribution in [0.15, 0.2) is 4.99 Å². The Hall–Kier alpha value is -1.24. The molecule has 1 saturated heterocycles. The molecule has 3 amide bonds. The van der Waals surface area contributed by atoms with Gasteiger partial charge in [0.15, 0.2) is 17.4 Å². The van der Waals surface area contributed by atoms with E-state index in [4.69, 9.17) is 0 Å². The van der Waals surface area contributed by atoms with Crippen LogP contribution in [0.2, 0.25) is 0 Å². The summed E-state index contributed by atoms with van der Waals surface area (Å²) < 4.78 is 0. The van der Waals surface area contributed by atoms with Crippen molar-refractivity contribution in [2.75, 3.05) is 19.8 Å². The molecule has 7 heteroatoms. The van der Waals surface area contributed by atoms with Gasteiger partial charge in [-0.25, -0.2) is 9.79 Å². The molecule has 6 nitrogen and oxygen atoms in total. The van der Waals surface area contributed by atoms with Gasteiger partial charge in [0.2, 0.25) is 0 Å². The predicted molar refractivity (Wildman–Crippen MR) is 76.1 cm³/mol. The third-order valence-corrected chi connectivity index (χ3v) is 4.21. The summed E-state index contributed by atoms with van der Waals surface area (Å²) >= 11 is 1.53. The van der Waals surface area contributed by atoms with Crippen molar-refractivity contribution in [2.45, 2.75) is 38.4 Å². The van der Waals surface area contributed by atoms with Gasteiger partial charge in [0.25, 0.3) is 5.91 Å². The second-order valence-electron chi connectivity index (χ2n) is 4.78. The van der Waals surface area contributed by atoms with Gasteiger partial charge in [0.05, 0.1) is 0 Å². The minimum atomic E-state index is -0.384. The van der Waals surface area contributed by atoms with Crippen molar-refractivity contribution in [3.05, 3.63) is 0 Å². The molecule has 0 aromatic carbocycles. The summed E-state index contributed by atoms with van der Waals surface area (Å²) in [5, 5.41) is 3.24. The number of nitrogens with zero attached hydrogens (tertiary/aromatic N) is 3. The van der Waals surface area contributed by atoms with Crippen molar-refractivity contribution in [1.82, 2.24) is 15.1 Å². The number of fused-ring (bicyclic) bond motifs is 1. The number of thioether (sulfide) groups is 1. The van der Waals surface area contributed by atoms with Crippen LogP contribution in [0.1, 0.15) is 26.2 Å².